The number of nitrogen functional groups attached to an aromatic ring is 1. The summed E-state index contributed by atoms with van der Waals surface area (Å²) in [4.78, 5) is 11.8. The summed E-state index contributed by atoms with van der Waals surface area (Å²) in [6.07, 6.45) is -0.0765. The van der Waals surface area contributed by atoms with Gasteiger partial charge in [0.2, 0.25) is 5.91 Å². The van der Waals surface area contributed by atoms with Gasteiger partial charge in [0.05, 0.1) is 23.7 Å². The highest BCUT2D eigenvalue weighted by Gasteiger charge is 2.28. The van der Waals surface area contributed by atoms with Crippen LogP contribution in [0.1, 0.15) is 16.7 Å². The summed E-state index contributed by atoms with van der Waals surface area (Å²) in [6.45, 7) is 0.303. The van der Waals surface area contributed by atoms with E-state index in [4.69, 9.17) is 10.4 Å². The van der Waals surface area contributed by atoms with E-state index < -0.39 is 17.0 Å². The van der Waals surface area contributed by atoms with Gasteiger partial charge in [-0.2, -0.15) is 0 Å². The molecule has 0 aliphatic carbocycles. The molecule has 0 fully saturated rings. The Morgan fingerprint density at radius 1 is 1.31 bits per heavy atom. The molecule has 0 saturated heterocycles. The minimum absolute atomic E-state index is 0.0765. The van der Waals surface area contributed by atoms with Crippen LogP contribution in [0.25, 0.3) is 0 Å². The van der Waals surface area contributed by atoms with Gasteiger partial charge in [0, 0.05) is 12.7 Å². The van der Waals surface area contributed by atoms with Gasteiger partial charge in [0.15, 0.2) is 9.84 Å². The van der Waals surface area contributed by atoms with Gasteiger partial charge in [-0.05, 0) is 40.4 Å². The summed E-state index contributed by atoms with van der Waals surface area (Å²) in [7, 11) is -3.25. The second kappa shape index (κ2) is 7.10. The number of amides is 1. The zero-order chi connectivity index (χ0) is 18.9. The zero-order valence-corrected chi connectivity index (χ0v) is 15.0. The van der Waals surface area contributed by atoms with Crippen LogP contribution < -0.4 is 16.5 Å². The average molecular weight is 374 g/mol. The number of sulfone groups is 1. The number of likely N-dealkylation sites (N-methyl/N-ethyl adjacent to an activating group) is 1. The lowest BCUT2D eigenvalue weighted by Gasteiger charge is -2.12. The molecule has 2 aromatic carbocycles. The SMILES string of the molecule is CNC(=O)Cc1cc(N)ccc1S(=O)(=O)Cc1ccc2c(c1)B(O)OC2. The highest BCUT2D eigenvalue weighted by atomic mass is 32.2. The lowest BCUT2D eigenvalue weighted by Crippen LogP contribution is -2.28. The Bertz CT molecular complexity index is 962. The van der Waals surface area contributed by atoms with E-state index in [0.717, 1.165) is 5.56 Å². The number of rotatable bonds is 5. The molecule has 4 N–H and O–H groups in total. The molecule has 7 nitrogen and oxygen atoms in total. The maximum absolute atomic E-state index is 12.9. The summed E-state index contributed by atoms with van der Waals surface area (Å²) in [5.74, 6) is -0.553. The van der Waals surface area contributed by atoms with Gasteiger partial charge >= 0.3 is 7.12 Å². The fourth-order valence-corrected chi connectivity index (χ4v) is 4.53. The van der Waals surface area contributed by atoms with Crippen molar-refractivity contribution in [3.8, 4) is 0 Å². The Morgan fingerprint density at radius 3 is 2.81 bits per heavy atom. The molecular weight excluding hydrogens is 355 g/mol. The molecule has 0 bridgehead atoms. The summed E-state index contributed by atoms with van der Waals surface area (Å²) in [6, 6.07) is 9.52. The monoisotopic (exact) mass is 374 g/mol. The van der Waals surface area contributed by atoms with E-state index in [1.54, 1.807) is 18.2 Å². The Kier molecular flexibility index (Phi) is 5.04. The number of nitrogens with one attached hydrogen (secondary N) is 1. The molecule has 2 aromatic rings. The quantitative estimate of drug-likeness (QED) is 0.491. The molecule has 26 heavy (non-hydrogen) atoms. The smallest absolute Gasteiger partial charge is 0.423 e. The van der Waals surface area contributed by atoms with E-state index in [9.17, 15) is 18.2 Å². The van der Waals surface area contributed by atoms with Crippen molar-refractivity contribution in [2.24, 2.45) is 0 Å². The van der Waals surface area contributed by atoms with E-state index in [1.807, 2.05) is 0 Å². The van der Waals surface area contributed by atoms with E-state index in [2.05, 4.69) is 5.32 Å². The van der Waals surface area contributed by atoms with Crippen molar-refractivity contribution in [2.45, 2.75) is 23.7 Å². The van der Waals surface area contributed by atoms with Gasteiger partial charge in [0.1, 0.15) is 0 Å². The number of nitrogens with two attached hydrogens (primary N) is 1. The number of hydrogen-bond acceptors (Lipinski definition) is 6. The lowest BCUT2D eigenvalue weighted by molar-refractivity contribution is -0.119. The van der Waals surface area contributed by atoms with Gasteiger partial charge in [-0.3, -0.25) is 4.79 Å². The normalized spacial score (nSPS) is 13.5. The Hall–Kier alpha value is -2.36. The van der Waals surface area contributed by atoms with Crippen LogP contribution in [0.15, 0.2) is 41.3 Å². The first kappa shape index (κ1) is 18.4. The molecule has 9 heteroatoms. The molecular formula is C17H19BN2O5S. The largest absolute Gasteiger partial charge is 0.491 e. The first-order valence-corrected chi connectivity index (χ1v) is 9.68. The van der Waals surface area contributed by atoms with Crippen LogP contribution in [-0.2, 0) is 38.1 Å². The summed E-state index contributed by atoms with van der Waals surface area (Å²) in [5, 5.41) is 12.3. The maximum atomic E-state index is 12.9. The number of anilines is 1. The van der Waals surface area contributed by atoms with Crippen LogP contribution in [0, 0.1) is 0 Å². The number of fused-ring (bicyclic) bond motifs is 1. The van der Waals surface area contributed by atoms with E-state index in [0.29, 0.717) is 28.9 Å². The van der Waals surface area contributed by atoms with E-state index in [-0.39, 0.29) is 23.0 Å². The molecule has 1 aliphatic heterocycles. The molecule has 136 valence electrons. The van der Waals surface area contributed by atoms with Crippen LogP contribution in [0.3, 0.4) is 0 Å². The van der Waals surface area contributed by atoms with Crippen LogP contribution in [0.2, 0.25) is 0 Å². The highest BCUT2D eigenvalue weighted by Crippen LogP contribution is 2.24. The third-order valence-electron chi connectivity index (χ3n) is 4.28. The number of carbonyl (C=O) groups excluding carboxylic acids is 1. The van der Waals surface area contributed by atoms with Crippen molar-refractivity contribution in [2.75, 3.05) is 12.8 Å². The highest BCUT2D eigenvalue weighted by molar-refractivity contribution is 7.90. The first-order valence-electron chi connectivity index (χ1n) is 8.03. The van der Waals surface area contributed by atoms with Crippen molar-refractivity contribution in [1.29, 1.82) is 0 Å². The van der Waals surface area contributed by atoms with Crippen LogP contribution in [0.5, 0.6) is 0 Å². The molecule has 3 rings (SSSR count). The second-order valence-corrected chi connectivity index (χ2v) is 8.13. The number of hydrogen-bond donors (Lipinski definition) is 3. The van der Waals surface area contributed by atoms with Gasteiger partial charge < -0.3 is 20.7 Å². The van der Waals surface area contributed by atoms with Gasteiger partial charge in [0.25, 0.3) is 0 Å². The zero-order valence-electron chi connectivity index (χ0n) is 14.2. The molecule has 1 aliphatic rings. The average Bonchev–Trinajstić information content (AvgIpc) is 2.95. The standard InChI is InChI=1S/C17H19BN2O5S/c1-20-17(21)8-13-7-14(19)4-5-16(13)26(23,24)10-11-2-3-12-9-25-18(22)15(12)6-11/h2-7,22H,8-10,19H2,1H3,(H,20,21). The molecule has 0 unspecified atom stereocenters. The molecule has 0 radical (unpaired) electrons. The van der Waals surface area contributed by atoms with Crippen LogP contribution in [-0.4, -0.2) is 33.5 Å². The van der Waals surface area contributed by atoms with Crippen molar-refractivity contribution < 1.29 is 22.9 Å². The minimum Gasteiger partial charge on any atom is -0.423 e. The van der Waals surface area contributed by atoms with Crippen molar-refractivity contribution in [3.63, 3.8) is 0 Å². The second-order valence-electron chi connectivity index (χ2n) is 6.17. The van der Waals surface area contributed by atoms with Crippen LogP contribution >= 0.6 is 0 Å². The molecule has 0 atom stereocenters. The Balaban J connectivity index is 1.94. The number of carbonyl (C=O) groups is 1. The first-order chi connectivity index (χ1) is 12.3. The van der Waals surface area contributed by atoms with Crippen molar-refractivity contribution >= 4 is 34.0 Å². The third-order valence-corrected chi connectivity index (χ3v) is 6.06. The predicted octanol–water partition coefficient (Wildman–Crippen LogP) is -0.251. The Labute approximate surface area is 152 Å². The molecule has 1 heterocycles. The van der Waals surface area contributed by atoms with Gasteiger partial charge in [-0.1, -0.05) is 18.2 Å². The lowest BCUT2D eigenvalue weighted by atomic mass is 9.79. The summed E-state index contributed by atoms with van der Waals surface area (Å²) < 4.78 is 31.0. The topological polar surface area (TPSA) is 119 Å². The van der Waals surface area contributed by atoms with Crippen molar-refractivity contribution in [3.05, 3.63) is 53.1 Å². The summed E-state index contributed by atoms with van der Waals surface area (Å²) in [5.41, 5.74) is 8.46. The minimum atomic E-state index is -3.71. The van der Waals surface area contributed by atoms with E-state index >= 15 is 0 Å². The van der Waals surface area contributed by atoms with Gasteiger partial charge in [-0.15, -0.1) is 0 Å². The van der Waals surface area contributed by atoms with E-state index in [1.165, 1.54) is 25.2 Å². The third kappa shape index (κ3) is 3.74. The summed E-state index contributed by atoms with van der Waals surface area (Å²) >= 11 is 0. The molecule has 0 saturated carbocycles. The van der Waals surface area contributed by atoms with Crippen molar-refractivity contribution in [1.82, 2.24) is 5.32 Å². The van der Waals surface area contributed by atoms with Gasteiger partial charge in [-0.25, -0.2) is 8.42 Å². The fraction of sp³-hybridized carbons (Fsp3) is 0.235. The Morgan fingerprint density at radius 2 is 2.08 bits per heavy atom. The van der Waals surface area contributed by atoms with Crippen LogP contribution in [0.4, 0.5) is 5.69 Å². The number of benzene rings is 2. The molecule has 0 spiro atoms. The fourth-order valence-electron chi connectivity index (χ4n) is 2.95. The molecule has 1 amide bonds. The predicted molar refractivity (Wildman–Crippen MR) is 98.4 cm³/mol. The molecule has 0 aromatic heterocycles. The maximum Gasteiger partial charge on any atom is 0.491 e.